The van der Waals surface area contributed by atoms with E-state index < -0.39 is 6.17 Å². The minimum Gasteiger partial charge on any atom is -0.380 e. The molecule has 1 spiro atoms. The topological polar surface area (TPSA) is 138 Å². The molecule has 12 nitrogen and oxygen atoms in total. The monoisotopic (exact) mass is 854 g/mol. The summed E-state index contributed by atoms with van der Waals surface area (Å²) in [6, 6.07) is 2.47. The van der Waals surface area contributed by atoms with Gasteiger partial charge in [0.25, 0.3) is 0 Å². The highest BCUT2D eigenvalue weighted by Gasteiger charge is 2.55. The molecule has 5 heterocycles. The lowest BCUT2D eigenvalue weighted by Gasteiger charge is -2.44. The smallest absolute Gasteiger partial charge is 0.238 e. The second-order valence-corrected chi connectivity index (χ2v) is 22.5. The van der Waals surface area contributed by atoms with Crippen LogP contribution in [0.25, 0.3) is 0 Å². The molecular weight excluding hydrogens is 778 g/mol. The molecular formula is C46H76FN9O3S. The SMILES string of the molecule is COC1CC(OC2CCC(NC(=O)C3CCC(N4CCC5(CCC(C6CCC(C7=N[C@@H](C)C8NNC(C)N8C8SC(C)C(C)C78)C(F)C6)CC5)C4)NN3)CC2)CCC1C#N. The highest BCUT2D eigenvalue weighted by Crippen LogP contribution is 2.53. The number of halogens is 1. The molecule has 0 aromatic rings. The summed E-state index contributed by atoms with van der Waals surface area (Å²) >= 11 is 2.08. The Hall–Kier alpha value is -1.41. The van der Waals surface area contributed by atoms with Gasteiger partial charge in [-0.25, -0.2) is 26.1 Å². The number of carbonyl (C=O) groups excluding carboxylic acids is 1. The highest BCUT2D eigenvalue weighted by atomic mass is 32.2. The van der Waals surface area contributed by atoms with E-state index in [0.29, 0.717) is 46.1 Å². The van der Waals surface area contributed by atoms with Gasteiger partial charge in [-0.05, 0) is 140 Å². The fourth-order valence-corrected chi connectivity index (χ4v) is 15.6. The van der Waals surface area contributed by atoms with Gasteiger partial charge >= 0.3 is 0 Å². The first-order chi connectivity index (χ1) is 29.0. The summed E-state index contributed by atoms with van der Waals surface area (Å²) in [5, 5.41) is 13.6. The van der Waals surface area contributed by atoms with E-state index in [1.165, 1.54) is 37.8 Å². The number of methoxy groups -OCH3 is 1. The average molecular weight is 854 g/mol. The Kier molecular flexibility index (Phi) is 13.6. The third-order valence-electron chi connectivity index (χ3n) is 17.6. The Balaban J connectivity index is 0.696. The fraction of sp³-hybridized carbons (Fsp3) is 0.935. The first kappa shape index (κ1) is 43.8. The van der Waals surface area contributed by atoms with E-state index >= 15 is 4.39 Å². The van der Waals surface area contributed by atoms with Gasteiger partial charge < -0.3 is 14.8 Å². The normalized spacial score (nSPS) is 49.1. The number of hydrogen-bond acceptors (Lipinski definition) is 12. The number of carbonyl (C=O) groups is 1. The highest BCUT2D eigenvalue weighted by molar-refractivity contribution is 8.00. The molecule has 15 atom stereocenters. The molecule has 9 aliphatic rings. The van der Waals surface area contributed by atoms with E-state index in [1.54, 1.807) is 7.11 Å². The number of nitrogens with one attached hydrogen (secondary N) is 5. The number of aliphatic imine (C=N–C) groups is 1. The van der Waals surface area contributed by atoms with Gasteiger partial charge in [-0.15, -0.1) is 11.8 Å². The predicted molar refractivity (Wildman–Crippen MR) is 234 cm³/mol. The summed E-state index contributed by atoms with van der Waals surface area (Å²) in [6.45, 7) is 11.4. The van der Waals surface area contributed by atoms with E-state index in [2.05, 4.69) is 82.3 Å². The minimum absolute atomic E-state index is 0.0322. The van der Waals surface area contributed by atoms with Crippen molar-refractivity contribution < 1.29 is 18.7 Å². The third-order valence-corrected chi connectivity index (χ3v) is 19.2. The zero-order valence-electron chi connectivity index (χ0n) is 37.1. The number of likely N-dealkylation sites (tertiary alicyclic amines) is 1. The number of hydrazine groups is 2. The lowest BCUT2D eigenvalue weighted by atomic mass is 9.63. The zero-order chi connectivity index (χ0) is 41.7. The molecule has 14 heteroatoms. The summed E-state index contributed by atoms with van der Waals surface area (Å²) in [7, 11) is 1.70. The van der Waals surface area contributed by atoms with Gasteiger partial charge in [0.05, 0.1) is 60.2 Å². The second-order valence-electron chi connectivity index (χ2n) is 21.0. The minimum atomic E-state index is -0.792. The third kappa shape index (κ3) is 8.85. The number of thioether (sulfide) groups is 1. The molecule has 60 heavy (non-hydrogen) atoms. The van der Waals surface area contributed by atoms with E-state index in [4.69, 9.17) is 14.5 Å². The summed E-state index contributed by atoms with van der Waals surface area (Å²) in [5.74, 6) is 1.98. The number of fused-ring (bicyclic) bond motifs is 3. The van der Waals surface area contributed by atoms with Gasteiger partial charge in [0, 0.05) is 55.5 Å². The number of nitriles is 1. The summed E-state index contributed by atoms with van der Waals surface area (Å²) < 4.78 is 28.7. The largest absolute Gasteiger partial charge is 0.380 e. The number of hydrogen-bond donors (Lipinski definition) is 5. The van der Waals surface area contributed by atoms with E-state index in [0.717, 1.165) is 83.7 Å². The molecule has 4 saturated carbocycles. The molecule has 336 valence electrons. The van der Waals surface area contributed by atoms with E-state index in [-0.39, 0.29) is 72.7 Å². The van der Waals surface area contributed by atoms with Crippen LogP contribution in [-0.2, 0) is 14.3 Å². The summed E-state index contributed by atoms with van der Waals surface area (Å²) in [5.41, 5.74) is 15.5. The van der Waals surface area contributed by atoms with Crippen LogP contribution in [-0.4, -0.2) is 113 Å². The molecule has 0 radical (unpaired) electrons. The summed E-state index contributed by atoms with van der Waals surface area (Å²) in [6.07, 6.45) is 17.4. The lowest BCUT2D eigenvalue weighted by molar-refractivity contribution is -0.126. The van der Waals surface area contributed by atoms with Crippen LogP contribution in [0.3, 0.4) is 0 Å². The summed E-state index contributed by atoms with van der Waals surface area (Å²) in [4.78, 5) is 24.0. The Bertz CT molecular complexity index is 1560. The van der Waals surface area contributed by atoms with Crippen LogP contribution in [0.2, 0.25) is 0 Å². The van der Waals surface area contributed by atoms with Crippen LogP contribution in [0.1, 0.15) is 137 Å². The molecule has 0 aromatic heterocycles. The van der Waals surface area contributed by atoms with Crippen LogP contribution in [0.4, 0.5) is 4.39 Å². The van der Waals surface area contributed by atoms with Crippen LogP contribution >= 0.6 is 11.8 Å². The molecule has 0 bridgehead atoms. The Morgan fingerprint density at radius 3 is 2.40 bits per heavy atom. The molecule has 8 fully saturated rings. The van der Waals surface area contributed by atoms with Crippen LogP contribution in [0.15, 0.2) is 4.99 Å². The average Bonchev–Trinajstić information content (AvgIpc) is 3.92. The van der Waals surface area contributed by atoms with E-state index in [1.807, 2.05) is 0 Å². The van der Waals surface area contributed by atoms with Gasteiger partial charge in [0.1, 0.15) is 12.2 Å². The van der Waals surface area contributed by atoms with Crippen molar-refractivity contribution in [3.8, 4) is 6.07 Å². The van der Waals surface area contributed by atoms with Gasteiger partial charge in [0.15, 0.2) is 0 Å². The van der Waals surface area contributed by atoms with Crippen molar-refractivity contribution in [2.45, 2.75) is 209 Å². The maximum atomic E-state index is 16.6. The Morgan fingerprint density at radius 1 is 0.900 bits per heavy atom. The quantitative estimate of drug-likeness (QED) is 0.197. The second kappa shape index (κ2) is 18.6. The number of alkyl halides is 1. The fourth-order valence-electron chi connectivity index (χ4n) is 13.7. The molecule has 9 rings (SSSR count). The van der Waals surface area contributed by atoms with Crippen LogP contribution in [0.5, 0.6) is 0 Å². The van der Waals surface area contributed by atoms with Crippen LogP contribution < -0.4 is 27.0 Å². The molecule has 5 N–H and O–H groups in total. The van der Waals surface area contributed by atoms with Crippen molar-refractivity contribution in [2.75, 3.05) is 20.2 Å². The van der Waals surface area contributed by atoms with Gasteiger partial charge in [-0.2, -0.15) is 5.26 Å². The van der Waals surface area contributed by atoms with Crippen molar-refractivity contribution in [2.24, 2.45) is 45.9 Å². The van der Waals surface area contributed by atoms with Gasteiger partial charge in [-0.1, -0.05) is 13.8 Å². The van der Waals surface area contributed by atoms with Crippen molar-refractivity contribution in [3.63, 3.8) is 0 Å². The standard InChI is InChI=1S/C46H76FN9O3S/c1-26-28(3)60-45-41(26)42(49-27(2)43-54-51-29(4)56(43)45)36-13-7-31(22-37(36)47)30-16-18-46(19-17-30)20-21-55(25-46)40-15-14-38(52-53-40)44(57)50-33-8-11-34(12-9-33)59-35-10-6-32(24-48)39(23-35)58-5/h26-41,43,45,51-54H,6-23,25H2,1-5H3,(H,50,57)/t26?,27-,28?,29?,30?,31?,32?,33?,34?,35?,36?,37?,38?,39?,40?,41?,43?,45?,46?/m0/s1. The number of ether oxygens (including phenoxy) is 2. The zero-order valence-corrected chi connectivity index (χ0v) is 37.9. The number of nitrogens with zero attached hydrogens (tertiary/aromatic N) is 4. The van der Waals surface area contributed by atoms with Crippen LogP contribution in [0, 0.1) is 52.3 Å². The van der Waals surface area contributed by atoms with Gasteiger partial charge in [-0.3, -0.25) is 19.6 Å². The molecule has 0 aromatic carbocycles. The van der Waals surface area contributed by atoms with Crippen molar-refractivity contribution >= 4 is 23.4 Å². The Labute approximate surface area is 363 Å². The Morgan fingerprint density at radius 2 is 1.68 bits per heavy atom. The number of rotatable bonds is 8. The first-order valence-corrected chi connectivity index (χ1v) is 25.3. The molecule has 4 saturated heterocycles. The first-order valence-electron chi connectivity index (χ1n) is 24.3. The number of amides is 1. The van der Waals surface area contributed by atoms with Crippen molar-refractivity contribution in [1.29, 1.82) is 5.26 Å². The molecule has 14 unspecified atom stereocenters. The maximum absolute atomic E-state index is 16.6. The van der Waals surface area contributed by atoms with E-state index in [9.17, 15) is 10.1 Å². The van der Waals surface area contributed by atoms with Crippen molar-refractivity contribution in [1.82, 2.24) is 36.8 Å². The maximum Gasteiger partial charge on any atom is 0.238 e. The predicted octanol–water partition coefficient (Wildman–Crippen LogP) is 6.00. The lowest BCUT2D eigenvalue weighted by Crippen LogP contribution is -2.62. The molecule has 1 amide bonds. The molecule has 4 aliphatic carbocycles. The van der Waals surface area contributed by atoms with Crippen molar-refractivity contribution in [3.05, 3.63) is 0 Å². The molecule has 5 aliphatic heterocycles. The van der Waals surface area contributed by atoms with Gasteiger partial charge in [0.2, 0.25) is 5.91 Å².